The van der Waals surface area contributed by atoms with Gasteiger partial charge in [-0.3, -0.25) is 4.79 Å². The molecule has 0 radical (unpaired) electrons. The van der Waals surface area contributed by atoms with Crippen LogP contribution in [0.2, 0.25) is 0 Å². The van der Waals surface area contributed by atoms with Crippen molar-refractivity contribution in [3.8, 4) is 0 Å². The number of benzene rings is 1. The Hall–Kier alpha value is -1.86. The number of nitrogens with one attached hydrogen (secondary N) is 1. The first-order chi connectivity index (χ1) is 11.7. The molecule has 0 bridgehead atoms. The second-order valence-electron chi connectivity index (χ2n) is 5.61. The van der Waals surface area contributed by atoms with Crippen LogP contribution in [0.15, 0.2) is 35.6 Å². The van der Waals surface area contributed by atoms with Gasteiger partial charge in [-0.15, -0.1) is 0 Å². The lowest BCUT2D eigenvalue weighted by Crippen LogP contribution is -2.43. The number of morpholine rings is 1. The molecule has 7 heteroatoms. The van der Waals surface area contributed by atoms with Crippen LogP contribution in [-0.2, 0) is 16.0 Å². The number of hydrogen-bond acceptors (Lipinski definition) is 4. The van der Waals surface area contributed by atoms with Crippen molar-refractivity contribution < 1.29 is 13.9 Å². The fourth-order valence-electron chi connectivity index (χ4n) is 2.57. The molecule has 1 atom stereocenters. The maximum atomic E-state index is 13.0. The maximum Gasteiger partial charge on any atom is 0.233 e. The molecule has 1 N–H and O–H groups in total. The number of halogens is 1. The quantitative estimate of drug-likeness (QED) is 0.844. The van der Waals surface area contributed by atoms with Crippen molar-refractivity contribution in [2.75, 3.05) is 25.4 Å². The Morgan fingerprint density at radius 2 is 2.25 bits per heavy atom. The van der Waals surface area contributed by atoms with Crippen LogP contribution >= 0.6 is 11.8 Å². The van der Waals surface area contributed by atoms with E-state index in [-0.39, 0.29) is 17.8 Å². The first-order valence-corrected chi connectivity index (χ1v) is 8.95. The molecule has 1 saturated heterocycles. The Balaban J connectivity index is 1.55. The Morgan fingerprint density at radius 3 is 2.96 bits per heavy atom. The average molecular weight is 349 g/mol. The first kappa shape index (κ1) is 17.0. The van der Waals surface area contributed by atoms with Gasteiger partial charge in [-0.25, -0.2) is 9.37 Å². The van der Waals surface area contributed by atoms with Gasteiger partial charge in [-0.1, -0.05) is 30.8 Å². The molecule has 2 aromatic rings. The molecule has 1 fully saturated rings. The van der Waals surface area contributed by atoms with Gasteiger partial charge in [0.2, 0.25) is 5.91 Å². The van der Waals surface area contributed by atoms with Gasteiger partial charge in [0, 0.05) is 18.4 Å². The number of H-pyrrole nitrogens is 1. The van der Waals surface area contributed by atoms with E-state index in [1.54, 1.807) is 23.2 Å². The molecule has 1 aromatic heterocycles. The topological polar surface area (TPSA) is 58.2 Å². The smallest absolute Gasteiger partial charge is 0.233 e. The number of amides is 1. The van der Waals surface area contributed by atoms with E-state index in [9.17, 15) is 9.18 Å². The number of aromatic nitrogens is 2. The van der Waals surface area contributed by atoms with Gasteiger partial charge < -0.3 is 14.6 Å². The van der Waals surface area contributed by atoms with E-state index in [1.807, 2.05) is 0 Å². The number of imidazole rings is 1. The van der Waals surface area contributed by atoms with E-state index in [0.29, 0.717) is 25.4 Å². The molecule has 2 heterocycles. The maximum absolute atomic E-state index is 13.0. The molecule has 1 aliphatic rings. The van der Waals surface area contributed by atoms with E-state index in [2.05, 4.69) is 16.9 Å². The molecule has 0 aliphatic carbocycles. The van der Waals surface area contributed by atoms with Gasteiger partial charge in [0.05, 0.1) is 18.9 Å². The van der Waals surface area contributed by atoms with Gasteiger partial charge in [-0.2, -0.15) is 0 Å². The summed E-state index contributed by atoms with van der Waals surface area (Å²) in [5, 5.41) is 0.767. The lowest BCUT2D eigenvalue weighted by Gasteiger charge is -2.33. The zero-order valence-corrected chi connectivity index (χ0v) is 14.3. The number of carbonyl (C=O) groups excluding carboxylic acids is 1. The Labute approximate surface area is 144 Å². The molecular formula is C17H20FN3O2S. The molecule has 128 valence electrons. The van der Waals surface area contributed by atoms with Gasteiger partial charge in [0.25, 0.3) is 0 Å². The fraction of sp³-hybridized carbons (Fsp3) is 0.412. The van der Waals surface area contributed by atoms with Crippen LogP contribution in [0.1, 0.15) is 24.3 Å². The summed E-state index contributed by atoms with van der Waals surface area (Å²) in [5.74, 6) is 0.126. The zero-order chi connectivity index (χ0) is 16.9. The van der Waals surface area contributed by atoms with Gasteiger partial charge >= 0.3 is 0 Å². The van der Waals surface area contributed by atoms with Crippen molar-refractivity contribution in [1.29, 1.82) is 0 Å². The van der Waals surface area contributed by atoms with Crippen molar-refractivity contribution in [1.82, 2.24) is 14.9 Å². The predicted molar refractivity (Wildman–Crippen MR) is 90.4 cm³/mol. The molecule has 5 nitrogen and oxygen atoms in total. The molecule has 24 heavy (non-hydrogen) atoms. The zero-order valence-electron chi connectivity index (χ0n) is 13.5. The van der Waals surface area contributed by atoms with Crippen LogP contribution in [0, 0.1) is 5.82 Å². The normalized spacial score (nSPS) is 17.9. The molecule has 1 aliphatic heterocycles. The minimum atomic E-state index is -0.274. The summed E-state index contributed by atoms with van der Waals surface area (Å²) in [6, 6.07) is 6.24. The monoisotopic (exact) mass is 349 g/mol. The highest BCUT2D eigenvalue weighted by Crippen LogP contribution is 2.23. The minimum Gasteiger partial charge on any atom is -0.370 e. The third-order valence-electron chi connectivity index (χ3n) is 3.98. The average Bonchev–Trinajstić information content (AvgIpc) is 3.08. The van der Waals surface area contributed by atoms with Crippen molar-refractivity contribution in [3.05, 3.63) is 47.5 Å². The van der Waals surface area contributed by atoms with Crippen LogP contribution in [-0.4, -0.2) is 46.2 Å². The van der Waals surface area contributed by atoms with E-state index >= 15 is 0 Å². The summed E-state index contributed by atoms with van der Waals surface area (Å²) in [6.07, 6.45) is 2.49. The Kier molecular flexibility index (Phi) is 5.52. The number of carbonyl (C=O) groups is 1. The standard InChI is InChI=1S/C17H20FN3O2S/c1-2-14-9-19-17(20-14)24-11-16(22)21-7-8-23-15(10-21)12-3-5-13(18)6-4-12/h3-6,9,15H,2,7-8,10-11H2,1H3,(H,19,20)/t15-/m0/s1. The molecule has 0 unspecified atom stereocenters. The van der Waals surface area contributed by atoms with Crippen molar-refractivity contribution >= 4 is 17.7 Å². The van der Waals surface area contributed by atoms with Crippen molar-refractivity contribution in [3.63, 3.8) is 0 Å². The number of thioether (sulfide) groups is 1. The summed E-state index contributed by atoms with van der Waals surface area (Å²) < 4.78 is 18.8. The van der Waals surface area contributed by atoms with Crippen LogP contribution in [0.25, 0.3) is 0 Å². The number of aromatic amines is 1. The number of hydrogen-bond donors (Lipinski definition) is 1. The molecular weight excluding hydrogens is 329 g/mol. The van der Waals surface area contributed by atoms with Crippen LogP contribution in [0.4, 0.5) is 4.39 Å². The lowest BCUT2D eigenvalue weighted by atomic mass is 10.1. The molecule has 0 spiro atoms. The van der Waals surface area contributed by atoms with Crippen LogP contribution < -0.4 is 0 Å². The van der Waals surface area contributed by atoms with E-state index in [1.165, 1.54) is 23.9 Å². The Morgan fingerprint density at radius 1 is 1.46 bits per heavy atom. The van der Waals surface area contributed by atoms with Gasteiger partial charge in [-0.05, 0) is 24.1 Å². The van der Waals surface area contributed by atoms with E-state index in [0.717, 1.165) is 22.8 Å². The minimum absolute atomic E-state index is 0.0601. The highest BCUT2D eigenvalue weighted by atomic mass is 32.2. The highest BCUT2D eigenvalue weighted by Gasteiger charge is 2.25. The molecule has 1 aromatic carbocycles. The van der Waals surface area contributed by atoms with E-state index < -0.39 is 0 Å². The third-order valence-corrected chi connectivity index (χ3v) is 4.85. The summed E-state index contributed by atoms with van der Waals surface area (Å²) in [6.45, 7) is 3.61. The molecule has 0 saturated carbocycles. The SMILES string of the molecule is CCc1cnc(SCC(=O)N2CCO[C@H](c3ccc(F)cc3)C2)[nH]1. The molecule has 3 rings (SSSR count). The number of rotatable bonds is 5. The summed E-state index contributed by atoms with van der Waals surface area (Å²) in [5.41, 5.74) is 1.95. The highest BCUT2D eigenvalue weighted by molar-refractivity contribution is 7.99. The summed E-state index contributed by atoms with van der Waals surface area (Å²) in [7, 11) is 0. The van der Waals surface area contributed by atoms with Crippen molar-refractivity contribution in [2.45, 2.75) is 24.6 Å². The van der Waals surface area contributed by atoms with E-state index in [4.69, 9.17) is 4.74 Å². The summed E-state index contributed by atoms with van der Waals surface area (Å²) >= 11 is 1.41. The third kappa shape index (κ3) is 4.15. The number of nitrogens with zero attached hydrogens (tertiary/aromatic N) is 2. The second kappa shape index (κ2) is 7.81. The largest absolute Gasteiger partial charge is 0.370 e. The first-order valence-electron chi connectivity index (χ1n) is 7.97. The van der Waals surface area contributed by atoms with Gasteiger partial charge in [0.1, 0.15) is 11.9 Å². The van der Waals surface area contributed by atoms with Crippen LogP contribution in [0.5, 0.6) is 0 Å². The van der Waals surface area contributed by atoms with Crippen LogP contribution in [0.3, 0.4) is 0 Å². The lowest BCUT2D eigenvalue weighted by molar-refractivity contribution is -0.136. The predicted octanol–water partition coefficient (Wildman–Crippen LogP) is 2.80. The van der Waals surface area contributed by atoms with Crippen molar-refractivity contribution in [2.24, 2.45) is 0 Å². The number of aryl methyl sites for hydroxylation is 1. The fourth-order valence-corrected chi connectivity index (χ4v) is 3.34. The summed E-state index contributed by atoms with van der Waals surface area (Å²) in [4.78, 5) is 21.7. The molecule has 1 amide bonds. The Bertz CT molecular complexity index is 689. The van der Waals surface area contributed by atoms with Gasteiger partial charge in [0.15, 0.2) is 5.16 Å². The number of ether oxygens (including phenoxy) is 1. The second-order valence-corrected chi connectivity index (χ2v) is 6.57.